The number of aryl methyl sites for hydroxylation is 3. The molecule has 0 spiro atoms. The number of carbonyl (C=O) groups excluding carboxylic acids is 1. The summed E-state index contributed by atoms with van der Waals surface area (Å²) in [6, 6.07) is 2.04. The number of rotatable bonds is 2. The molecule has 1 aliphatic carbocycles. The van der Waals surface area contributed by atoms with E-state index in [9.17, 15) is 4.79 Å². The van der Waals surface area contributed by atoms with Crippen LogP contribution in [0.3, 0.4) is 0 Å². The third-order valence-electron chi connectivity index (χ3n) is 3.94. The van der Waals surface area contributed by atoms with E-state index in [-0.39, 0.29) is 11.8 Å². The number of amides is 1. The van der Waals surface area contributed by atoms with Crippen molar-refractivity contribution in [2.75, 3.05) is 5.32 Å². The van der Waals surface area contributed by atoms with Crippen LogP contribution in [-0.4, -0.2) is 15.5 Å². The molecule has 1 aliphatic rings. The van der Waals surface area contributed by atoms with Gasteiger partial charge in [-0.1, -0.05) is 0 Å². The van der Waals surface area contributed by atoms with Crippen molar-refractivity contribution in [2.45, 2.75) is 39.0 Å². The normalized spacial score (nSPS) is 17.9. The highest BCUT2D eigenvalue weighted by atomic mass is 32.1. The summed E-state index contributed by atoms with van der Waals surface area (Å²) < 4.78 is 2.04. The van der Waals surface area contributed by atoms with Gasteiger partial charge < -0.3 is 9.88 Å². The lowest BCUT2D eigenvalue weighted by Gasteiger charge is -2.21. The van der Waals surface area contributed by atoms with E-state index in [0.717, 1.165) is 35.5 Å². The van der Waals surface area contributed by atoms with E-state index in [2.05, 4.69) is 17.2 Å². The summed E-state index contributed by atoms with van der Waals surface area (Å²) in [4.78, 5) is 19.4. The minimum Gasteiger partial charge on any atom is -0.337 e. The highest BCUT2D eigenvalue weighted by molar-refractivity contribution is 7.12. The Morgan fingerprint density at radius 2 is 2.30 bits per heavy atom. The van der Waals surface area contributed by atoms with Gasteiger partial charge in [-0.2, -0.15) is 0 Å². The Balaban J connectivity index is 1.83. The highest BCUT2D eigenvalue weighted by Gasteiger charge is 2.30. The van der Waals surface area contributed by atoms with Crippen molar-refractivity contribution in [2.24, 2.45) is 7.05 Å². The Kier molecular flexibility index (Phi) is 3.38. The second-order valence-corrected chi connectivity index (χ2v) is 6.91. The second-order valence-electron chi connectivity index (χ2n) is 5.45. The van der Waals surface area contributed by atoms with Crippen LogP contribution in [0.2, 0.25) is 0 Å². The number of carbonyl (C=O) groups is 1. The molecule has 2 aromatic heterocycles. The fourth-order valence-corrected chi connectivity index (χ4v) is 3.79. The van der Waals surface area contributed by atoms with Crippen molar-refractivity contribution in [3.8, 4) is 0 Å². The molecule has 2 aromatic rings. The van der Waals surface area contributed by atoms with Gasteiger partial charge in [0.25, 0.3) is 0 Å². The predicted octanol–water partition coefficient (Wildman–Crippen LogP) is 3.16. The monoisotopic (exact) mass is 289 g/mol. The minimum absolute atomic E-state index is 0.0746. The molecule has 1 atom stereocenters. The van der Waals surface area contributed by atoms with Crippen LogP contribution in [-0.2, 0) is 18.3 Å². The van der Waals surface area contributed by atoms with Gasteiger partial charge >= 0.3 is 0 Å². The molecule has 1 unspecified atom stereocenters. The van der Waals surface area contributed by atoms with Crippen LogP contribution in [0, 0.1) is 13.8 Å². The molecule has 5 heteroatoms. The molecule has 1 amide bonds. The van der Waals surface area contributed by atoms with Crippen molar-refractivity contribution >= 4 is 22.9 Å². The summed E-state index contributed by atoms with van der Waals surface area (Å²) in [5, 5.41) is 3.07. The van der Waals surface area contributed by atoms with Gasteiger partial charge in [-0.25, -0.2) is 4.98 Å². The van der Waals surface area contributed by atoms with Crippen molar-refractivity contribution in [3.63, 3.8) is 0 Å². The van der Waals surface area contributed by atoms with Gasteiger partial charge in [-0.05, 0) is 39.2 Å². The van der Waals surface area contributed by atoms with Gasteiger partial charge in [0.1, 0.15) is 0 Å². The summed E-state index contributed by atoms with van der Waals surface area (Å²) in [7, 11) is 2.00. The van der Waals surface area contributed by atoms with Crippen molar-refractivity contribution in [1.29, 1.82) is 0 Å². The van der Waals surface area contributed by atoms with Gasteiger partial charge in [0.2, 0.25) is 5.91 Å². The Bertz CT molecular complexity index is 656. The molecular formula is C15H19N3OS. The van der Waals surface area contributed by atoms with Gasteiger partial charge in [-0.15, -0.1) is 11.3 Å². The number of imidazole rings is 1. The second kappa shape index (κ2) is 5.05. The van der Waals surface area contributed by atoms with Crippen LogP contribution in [0.1, 0.15) is 39.9 Å². The zero-order valence-electron chi connectivity index (χ0n) is 12.1. The van der Waals surface area contributed by atoms with Gasteiger partial charge in [0.05, 0.1) is 23.6 Å². The first-order valence-corrected chi connectivity index (χ1v) is 7.76. The van der Waals surface area contributed by atoms with Gasteiger partial charge in [0, 0.05) is 22.5 Å². The van der Waals surface area contributed by atoms with Crippen molar-refractivity contribution < 1.29 is 4.79 Å². The first kappa shape index (κ1) is 13.4. The predicted molar refractivity (Wildman–Crippen MR) is 81.3 cm³/mol. The third-order valence-corrected chi connectivity index (χ3v) is 4.91. The van der Waals surface area contributed by atoms with E-state index in [4.69, 9.17) is 0 Å². The standard InChI is InChI=1S/C15H19N3OS/c1-9-7-12(10(2)20-9)17-15(19)11-5-4-6-13-14(11)16-8-18(13)3/h7-8,11H,4-6H2,1-3H3,(H,17,19). The van der Waals surface area contributed by atoms with Crippen LogP contribution in [0.25, 0.3) is 0 Å². The lowest BCUT2D eigenvalue weighted by molar-refractivity contribution is -0.118. The molecular weight excluding hydrogens is 270 g/mol. The molecule has 20 heavy (non-hydrogen) atoms. The molecule has 0 radical (unpaired) electrons. The molecule has 0 fully saturated rings. The van der Waals surface area contributed by atoms with E-state index in [1.165, 1.54) is 10.6 Å². The van der Waals surface area contributed by atoms with Crippen LogP contribution >= 0.6 is 11.3 Å². The summed E-state index contributed by atoms with van der Waals surface area (Å²) in [6.45, 7) is 4.10. The van der Waals surface area contributed by atoms with E-state index < -0.39 is 0 Å². The number of hydrogen-bond acceptors (Lipinski definition) is 3. The summed E-state index contributed by atoms with van der Waals surface area (Å²) in [5.74, 6) is -0.0369. The Morgan fingerprint density at radius 1 is 1.50 bits per heavy atom. The maximum atomic E-state index is 12.5. The Labute approximate surface area is 122 Å². The van der Waals surface area contributed by atoms with Gasteiger partial charge in [0.15, 0.2) is 0 Å². The number of anilines is 1. The molecule has 0 saturated carbocycles. The smallest absolute Gasteiger partial charge is 0.233 e. The summed E-state index contributed by atoms with van der Waals surface area (Å²) >= 11 is 1.71. The molecule has 1 N–H and O–H groups in total. The Morgan fingerprint density at radius 3 is 3.00 bits per heavy atom. The van der Waals surface area contributed by atoms with E-state index >= 15 is 0 Å². The van der Waals surface area contributed by atoms with Crippen molar-refractivity contribution in [3.05, 3.63) is 33.5 Å². The maximum Gasteiger partial charge on any atom is 0.233 e. The largest absolute Gasteiger partial charge is 0.337 e. The van der Waals surface area contributed by atoms with Crippen molar-refractivity contribution in [1.82, 2.24) is 9.55 Å². The Hall–Kier alpha value is -1.62. The lowest BCUT2D eigenvalue weighted by Crippen LogP contribution is -2.25. The topological polar surface area (TPSA) is 46.9 Å². The molecule has 0 bridgehead atoms. The fourth-order valence-electron chi connectivity index (χ4n) is 2.91. The van der Waals surface area contributed by atoms with Crippen LogP contribution in [0.4, 0.5) is 5.69 Å². The van der Waals surface area contributed by atoms with Crippen LogP contribution in [0.15, 0.2) is 12.4 Å². The average Bonchev–Trinajstić information content (AvgIpc) is 2.93. The number of nitrogens with zero attached hydrogens (tertiary/aromatic N) is 2. The molecule has 0 aliphatic heterocycles. The van der Waals surface area contributed by atoms with E-state index in [1.54, 1.807) is 11.3 Å². The zero-order valence-corrected chi connectivity index (χ0v) is 12.9. The number of fused-ring (bicyclic) bond motifs is 1. The molecule has 0 aromatic carbocycles. The van der Waals surface area contributed by atoms with Crippen LogP contribution < -0.4 is 5.32 Å². The molecule has 0 saturated heterocycles. The molecule has 3 rings (SSSR count). The average molecular weight is 289 g/mol. The first-order chi connectivity index (χ1) is 9.56. The number of nitrogens with one attached hydrogen (secondary N) is 1. The van der Waals surface area contributed by atoms with Crippen LogP contribution in [0.5, 0.6) is 0 Å². The molecule has 4 nitrogen and oxygen atoms in total. The van der Waals surface area contributed by atoms with E-state index in [1.807, 2.05) is 30.9 Å². The number of thiophene rings is 1. The number of hydrogen-bond donors (Lipinski definition) is 1. The van der Waals surface area contributed by atoms with Gasteiger partial charge in [-0.3, -0.25) is 4.79 Å². The summed E-state index contributed by atoms with van der Waals surface area (Å²) in [6.07, 6.45) is 4.77. The molecule has 2 heterocycles. The highest BCUT2D eigenvalue weighted by Crippen LogP contribution is 2.32. The summed E-state index contributed by atoms with van der Waals surface area (Å²) in [5.41, 5.74) is 3.11. The SMILES string of the molecule is Cc1cc(NC(=O)C2CCCc3c2ncn3C)c(C)s1. The zero-order chi connectivity index (χ0) is 14.3. The fraction of sp³-hybridized carbons (Fsp3) is 0.467. The van der Waals surface area contributed by atoms with E-state index in [0.29, 0.717) is 0 Å². The minimum atomic E-state index is -0.112. The number of aromatic nitrogens is 2. The maximum absolute atomic E-state index is 12.5. The lowest BCUT2D eigenvalue weighted by atomic mass is 9.89. The first-order valence-electron chi connectivity index (χ1n) is 6.94. The third kappa shape index (κ3) is 2.26. The quantitative estimate of drug-likeness (QED) is 0.923. The molecule has 106 valence electrons.